The number of rotatable bonds is 5. The number of aryl methyl sites for hydroxylation is 2. The van der Waals surface area contributed by atoms with Crippen LogP contribution in [0.4, 0.5) is 5.69 Å². The summed E-state index contributed by atoms with van der Waals surface area (Å²) in [5.41, 5.74) is 3.41. The average Bonchev–Trinajstić information content (AvgIpc) is 3.04. The summed E-state index contributed by atoms with van der Waals surface area (Å²) in [4.78, 5) is 32.2. The smallest absolute Gasteiger partial charge is 0.300 e. The van der Waals surface area contributed by atoms with E-state index < -0.39 is 17.7 Å². The van der Waals surface area contributed by atoms with Crippen LogP contribution in [-0.2, 0) is 9.59 Å². The number of aromatic nitrogens is 1. The lowest BCUT2D eigenvalue weighted by molar-refractivity contribution is -0.132. The Morgan fingerprint density at radius 3 is 2.44 bits per heavy atom. The van der Waals surface area contributed by atoms with Crippen LogP contribution >= 0.6 is 0 Å². The number of nitrogens with zero attached hydrogens (tertiary/aromatic N) is 2. The number of aliphatic hydroxyl groups is 1. The van der Waals surface area contributed by atoms with Crippen LogP contribution in [0.3, 0.4) is 0 Å². The summed E-state index contributed by atoms with van der Waals surface area (Å²) in [6.07, 6.45) is 1.60. The van der Waals surface area contributed by atoms with Gasteiger partial charge in [-0.3, -0.25) is 19.5 Å². The molecule has 0 spiro atoms. The van der Waals surface area contributed by atoms with Crippen molar-refractivity contribution in [3.63, 3.8) is 0 Å². The fourth-order valence-corrected chi connectivity index (χ4v) is 4.06. The number of ether oxygens (including phenoxy) is 1. The molecule has 3 aromatic rings. The number of hydrogen-bond donors (Lipinski definition) is 1. The van der Waals surface area contributed by atoms with Crippen molar-refractivity contribution in [3.8, 4) is 5.75 Å². The van der Waals surface area contributed by atoms with Gasteiger partial charge in [0.05, 0.1) is 17.9 Å². The summed E-state index contributed by atoms with van der Waals surface area (Å²) in [5, 5.41) is 11.2. The molecule has 2 heterocycles. The SMILES string of the molecule is CCOc1cccc(/C(O)=C2\C(=O)C(=O)N(c3cc(C)cc(C)c3)C2c2ccccn2)c1. The number of anilines is 1. The van der Waals surface area contributed by atoms with Gasteiger partial charge in [0.25, 0.3) is 11.7 Å². The number of carbonyl (C=O) groups is 2. The van der Waals surface area contributed by atoms with Crippen molar-refractivity contribution in [1.82, 2.24) is 4.98 Å². The number of Topliss-reactive ketones (excluding diaryl/α,β-unsaturated/α-hetero) is 1. The molecule has 1 aliphatic heterocycles. The van der Waals surface area contributed by atoms with Crippen molar-refractivity contribution >= 4 is 23.1 Å². The van der Waals surface area contributed by atoms with Crippen LogP contribution in [0, 0.1) is 13.8 Å². The van der Waals surface area contributed by atoms with Crippen molar-refractivity contribution < 1.29 is 19.4 Å². The first-order valence-electron chi connectivity index (χ1n) is 10.4. The summed E-state index contributed by atoms with van der Waals surface area (Å²) in [5.74, 6) is -1.14. The topological polar surface area (TPSA) is 79.7 Å². The lowest BCUT2D eigenvalue weighted by atomic mass is 9.98. The molecule has 0 radical (unpaired) electrons. The monoisotopic (exact) mass is 428 g/mol. The molecule has 6 heteroatoms. The Balaban J connectivity index is 1.93. The number of amides is 1. The highest BCUT2D eigenvalue weighted by atomic mass is 16.5. The van der Waals surface area contributed by atoms with E-state index in [0.717, 1.165) is 11.1 Å². The first-order chi connectivity index (χ1) is 15.4. The van der Waals surface area contributed by atoms with Gasteiger partial charge in [-0.25, -0.2) is 0 Å². The Labute approximate surface area is 186 Å². The third kappa shape index (κ3) is 3.87. The van der Waals surface area contributed by atoms with E-state index in [-0.39, 0.29) is 11.3 Å². The molecule has 1 saturated heterocycles. The molecule has 6 nitrogen and oxygen atoms in total. The molecule has 0 aliphatic carbocycles. The number of ketones is 1. The van der Waals surface area contributed by atoms with Gasteiger partial charge in [-0.2, -0.15) is 0 Å². The standard InChI is InChI=1S/C26H24N2O4/c1-4-32-20-9-7-8-18(15-20)24(29)22-23(21-10-5-6-11-27-21)28(26(31)25(22)30)19-13-16(2)12-17(3)14-19/h5-15,23,29H,4H2,1-3H3/b24-22+. The summed E-state index contributed by atoms with van der Waals surface area (Å²) in [6.45, 7) is 6.20. The summed E-state index contributed by atoms with van der Waals surface area (Å²) >= 11 is 0. The maximum Gasteiger partial charge on any atom is 0.300 e. The summed E-state index contributed by atoms with van der Waals surface area (Å²) < 4.78 is 5.53. The number of hydrogen-bond acceptors (Lipinski definition) is 5. The van der Waals surface area contributed by atoms with Crippen molar-refractivity contribution in [2.75, 3.05) is 11.5 Å². The molecule has 1 fully saturated rings. The second-order valence-electron chi connectivity index (χ2n) is 7.73. The fraction of sp³-hybridized carbons (Fsp3) is 0.192. The molecule has 4 rings (SSSR count). The van der Waals surface area contributed by atoms with E-state index >= 15 is 0 Å². The van der Waals surface area contributed by atoms with Crippen molar-refractivity contribution in [2.45, 2.75) is 26.8 Å². The van der Waals surface area contributed by atoms with Crippen LogP contribution in [0.5, 0.6) is 5.75 Å². The molecule has 1 N–H and O–H groups in total. The molecule has 1 unspecified atom stereocenters. The zero-order valence-electron chi connectivity index (χ0n) is 18.2. The molecule has 1 amide bonds. The Hall–Kier alpha value is -3.93. The summed E-state index contributed by atoms with van der Waals surface area (Å²) in [7, 11) is 0. The van der Waals surface area contributed by atoms with Crippen LogP contribution in [0.2, 0.25) is 0 Å². The molecule has 0 bridgehead atoms. The number of benzene rings is 2. The Morgan fingerprint density at radius 1 is 1.03 bits per heavy atom. The van der Waals surface area contributed by atoms with E-state index in [1.165, 1.54) is 4.90 Å². The minimum atomic E-state index is -0.854. The highest BCUT2D eigenvalue weighted by Gasteiger charge is 2.47. The predicted molar refractivity (Wildman–Crippen MR) is 123 cm³/mol. The largest absolute Gasteiger partial charge is 0.507 e. The fourth-order valence-electron chi connectivity index (χ4n) is 4.06. The van der Waals surface area contributed by atoms with Gasteiger partial charge in [0.15, 0.2) is 0 Å². The highest BCUT2D eigenvalue weighted by Crippen LogP contribution is 2.42. The van der Waals surface area contributed by atoms with Gasteiger partial charge in [0, 0.05) is 17.4 Å². The van der Waals surface area contributed by atoms with E-state index in [2.05, 4.69) is 4.98 Å². The summed E-state index contributed by atoms with van der Waals surface area (Å²) in [6, 6.07) is 17.0. The molecule has 162 valence electrons. The van der Waals surface area contributed by atoms with Crippen LogP contribution in [0.25, 0.3) is 5.76 Å². The molecule has 2 aromatic carbocycles. The Bertz CT molecular complexity index is 1200. The third-order valence-corrected chi connectivity index (χ3v) is 5.32. The molecule has 0 saturated carbocycles. The minimum absolute atomic E-state index is 0.00140. The lowest BCUT2D eigenvalue weighted by Gasteiger charge is -2.25. The van der Waals surface area contributed by atoms with Crippen LogP contribution in [0.15, 0.2) is 72.4 Å². The number of pyridine rings is 1. The van der Waals surface area contributed by atoms with E-state index in [0.29, 0.717) is 29.3 Å². The molecular weight excluding hydrogens is 404 g/mol. The lowest BCUT2D eigenvalue weighted by Crippen LogP contribution is -2.30. The quantitative estimate of drug-likeness (QED) is 0.361. The molecule has 1 aromatic heterocycles. The van der Waals surface area contributed by atoms with E-state index in [1.807, 2.05) is 39.0 Å². The average molecular weight is 428 g/mol. The van der Waals surface area contributed by atoms with Gasteiger partial charge in [-0.15, -0.1) is 0 Å². The van der Waals surface area contributed by atoms with E-state index in [1.54, 1.807) is 48.7 Å². The van der Waals surface area contributed by atoms with Gasteiger partial charge in [-0.1, -0.05) is 24.3 Å². The van der Waals surface area contributed by atoms with Gasteiger partial charge in [0.2, 0.25) is 0 Å². The third-order valence-electron chi connectivity index (χ3n) is 5.32. The Kier molecular flexibility index (Phi) is 5.77. The number of carbonyl (C=O) groups excluding carboxylic acids is 2. The van der Waals surface area contributed by atoms with Gasteiger partial charge in [-0.05, 0) is 68.3 Å². The maximum absolute atomic E-state index is 13.2. The number of aliphatic hydroxyl groups excluding tert-OH is 1. The molecule has 1 aliphatic rings. The maximum atomic E-state index is 13.2. The predicted octanol–water partition coefficient (Wildman–Crippen LogP) is 4.72. The van der Waals surface area contributed by atoms with Gasteiger partial charge < -0.3 is 9.84 Å². The van der Waals surface area contributed by atoms with Crippen LogP contribution in [0.1, 0.15) is 35.3 Å². The normalized spacial score (nSPS) is 17.6. The van der Waals surface area contributed by atoms with Gasteiger partial charge >= 0.3 is 0 Å². The van der Waals surface area contributed by atoms with E-state index in [9.17, 15) is 14.7 Å². The van der Waals surface area contributed by atoms with Gasteiger partial charge in [0.1, 0.15) is 17.6 Å². The van der Waals surface area contributed by atoms with E-state index in [4.69, 9.17) is 4.74 Å². The zero-order valence-corrected chi connectivity index (χ0v) is 18.2. The van der Waals surface area contributed by atoms with Crippen molar-refractivity contribution in [1.29, 1.82) is 0 Å². The van der Waals surface area contributed by atoms with Crippen molar-refractivity contribution in [3.05, 3.63) is 94.8 Å². The van der Waals surface area contributed by atoms with Crippen molar-refractivity contribution in [2.24, 2.45) is 0 Å². The first kappa shape index (κ1) is 21.3. The molecule has 32 heavy (non-hydrogen) atoms. The molecular formula is C26H24N2O4. The highest BCUT2D eigenvalue weighted by molar-refractivity contribution is 6.51. The van der Waals surface area contributed by atoms with Crippen LogP contribution < -0.4 is 9.64 Å². The second-order valence-corrected chi connectivity index (χ2v) is 7.73. The minimum Gasteiger partial charge on any atom is -0.507 e. The molecule has 1 atom stereocenters. The zero-order chi connectivity index (χ0) is 22.8. The van der Waals surface area contributed by atoms with Crippen LogP contribution in [-0.4, -0.2) is 28.4 Å². The Morgan fingerprint density at radius 2 is 1.78 bits per heavy atom. The second kappa shape index (κ2) is 8.67. The first-order valence-corrected chi connectivity index (χ1v) is 10.4.